The summed E-state index contributed by atoms with van der Waals surface area (Å²) >= 11 is 1.71. The molecule has 0 saturated carbocycles. The van der Waals surface area contributed by atoms with E-state index in [1.54, 1.807) is 11.3 Å². The van der Waals surface area contributed by atoms with Crippen LogP contribution in [0.4, 0.5) is 5.69 Å². The molecule has 2 aromatic carbocycles. The van der Waals surface area contributed by atoms with Gasteiger partial charge in [0.25, 0.3) is 0 Å². The van der Waals surface area contributed by atoms with Crippen molar-refractivity contribution < 1.29 is 0 Å². The Morgan fingerprint density at radius 3 is 2.32 bits per heavy atom. The molecule has 0 unspecified atom stereocenters. The maximum absolute atomic E-state index is 4.77. The van der Waals surface area contributed by atoms with Crippen molar-refractivity contribution in [1.82, 2.24) is 4.40 Å². The molecule has 2 nitrogen and oxygen atoms in total. The third-order valence-electron chi connectivity index (χ3n) is 3.49. The quantitative estimate of drug-likeness (QED) is 0.536. The van der Waals surface area contributed by atoms with Gasteiger partial charge in [-0.2, -0.15) is 0 Å². The van der Waals surface area contributed by atoms with Gasteiger partial charge in [-0.3, -0.25) is 4.40 Å². The first-order chi connectivity index (χ1) is 10.9. The van der Waals surface area contributed by atoms with Crippen LogP contribution in [-0.4, -0.2) is 4.40 Å². The van der Waals surface area contributed by atoms with Gasteiger partial charge in [-0.25, -0.2) is 4.99 Å². The average molecular weight is 302 g/mol. The summed E-state index contributed by atoms with van der Waals surface area (Å²) < 4.78 is 3.37. The van der Waals surface area contributed by atoms with Gasteiger partial charge in [0.2, 0.25) is 0 Å². The molecule has 0 spiro atoms. The van der Waals surface area contributed by atoms with Crippen LogP contribution in [0.25, 0.3) is 11.6 Å². The van der Waals surface area contributed by atoms with E-state index in [2.05, 4.69) is 53.1 Å². The fourth-order valence-electron chi connectivity index (χ4n) is 2.44. The van der Waals surface area contributed by atoms with E-state index in [1.165, 1.54) is 15.6 Å². The van der Waals surface area contributed by atoms with Gasteiger partial charge in [-0.05, 0) is 35.9 Å². The summed E-state index contributed by atoms with van der Waals surface area (Å²) in [5.41, 5.74) is 3.38. The maximum atomic E-state index is 4.77. The lowest BCUT2D eigenvalue weighted by atomic mass is 10.2. The molecular formula is C19H14N2S. The standard InChI is InChI=1S/C19H14N2S/c1-3-8-15(9-4-1)14-18-17-12-7-13-21(17)19(22-18)20-16-10-5-2-6-11-16/h1-14H/b18-14-,20-19?. The summed E-state index contributed by atoms with van der Waals surface area (Å²) in [6.45, 7) is 0. The van der Waals surface area contributed by atoms with Crippen LogP contribution in [0.5, 0.6) is 0 Å². The summed E-state index contributed by atoms with van der Waals surface area (Å²) in [4.78, 5) is 5.76. The number of hydrogen-bond donors (Lipinski definition) is 0. The molecule has 0 fully saturated rings. The molecule has 0 bridgehead atoms. The average Bonchev–Trinajstić information content (AvgIpc) is 3.15. The zero-order valence-electron chi connectivity index (χ0n) is 11.9. The molecule has 0 aliphatic heterocycles. The molecule has 3 heteroatoms. The first-order valence-corrected chi connectivity index (χ1v) is 7.98. The molecule has 0 aliphatic rings. The molecule has 4 rings (SSSR count). The van der Waals surface area contributed by atoms with E-state index >= 15 is 0 Å². The smallest absolute Gasteiger partial charge is 0.195 e. The second kappa shape index (κ2) is 5.62. The van der Waals surface area contributed by atoms with Gasteiger partial charge in [0.1, 0.15) is 0 Å². The molecule has 0 saturated heterocycles. The van der Waals surface area contributed by atoms with E-state index in [0.29, 0.717) is 0 Å². The van der Waals surface area contributed by atoms with Gasteiger partial charge >= 0.3 is 0 Å². The minimum atomic E-state index is 0.977. The number of aromatic nitrogens is 1. The van der Waals surface area contributed by atoms with Gasteiger partial charge in [0, 0.05) is 6.20 Å². The molecule has 22 heavy (non-hydrogen) atoms. The van der Waals surface area contributed by atoms with E-state index < -0.39 is 0 Å². The van der Waals surface area contributed by atoms with Crippen molar-refractivity contribution in [2.24, 2.45) is 4.99 Å². The number of nitrogens with zero attached hydrogens (tertiary/aromatic N) is 2. The Balaban J connectivity index is 1.94. The Hall–Kier alpha value is -2.65. The van der Waals surface area contributed by atoms with Gasteiger partial charge in [-0.1, -0.05) is 59.9 Å². The summed E-state index contributed by atoms with van der Waals surface area (Å²) in [7, 11) is 0. The highest BCUT2D eigenvalue weighted by molar-refractivity contribution is 7.07. The maximum Gasteiger partial charge on any atom is 0.195 e. The molecule has 0 atom stereocenters. The number of benzene rings is 2. The zero-order valence-corrected chi connectivity index (χ0v) is 12.7. The number of fused-ring (bicyclic) bond motifs is 1. The van der Waals surface area contributed by atoms with E-state index in [1.807, 2.05) is 36.4 Å². The molecule has 4 aromatic rings. The van der Waals surface area contributed by atoms with Crippen molar-refractivity contribution >= 4 is 28.6 Å². The zero-order chi connectivity index (χ0) is 14.8. The van der Waals surface area contributed by atoms with Crippen molar-refractivity contribution in [3.05, 3.63) is 93.9 Å². The minimum absolute atomic E-state index is 0.977. The van der Waals surface area contributed by atoms with Crippen LogP contribution in [0, 0.1) is 0 Å². The van der Waals surface area contributed by atoms with Crippen molar-refractivity contribution in [2.45, 2.75) is 0 Å². The Kier molecular flexibility index (Phi) is 3.33. The lowest BCUT2D eigenvalue weighted by Gasteiger charge is -1.89. The first-order valence-electron chi connectivity index (χ1n) is 7.16. The topological polar surface area (TPSA) is 16.8 Å². The summed E-state index contributed by atoms with van der Waals surface area (Å²) in [5.74, 6) is 0. The number of para-hydroxylation sites is 1. The van der Waals surface area contributed by atoms with Crippen molar-refractivity contribution in [3.8, 4) is 0 Å². The number of hydrogen-bond acceptors (Lipinski definition) is 2. The predicted molar refractivity (Wildman–Crippen MR) is 92.2 cm³/mol. The molecule has 2 heterocycles. The van der Waals surface area contributed by atoms with Crippen LogP contribution in [0.3, 0.4) is 0 Å². The lowest BCUT2D eigenvalue weighted by Crippen LogP contribution is -2.02. The van der Waals surface area contributed by atoms with Crippen molar-refractivity contribution in [2.75, 3.05) is 0 Å². The third kappa shape index (κ3) is 2.47. The second-order valence-corrected chi connectivity index (χ2v) is 6.02. The van der Waals surface area contributed by atoms with Gasteiger partial charge in [0.05, 0.1) is 15.7 Å². The van der Waals surface area contributed by atoms with E-state index in [-0.39, 0.29) is 0 Å². The van der Waals surface area contributed by atoms with Gasteiger partial charge < -0.3 is 0 Å². The fourth-order valence-corrected chi connectivity index (χ4v) is 3.51. The Morgan fingerprint density at radius 1 is 0.818 bits per heavy atom. The van der Waals surface area contributed by atoms with Crippen LogP contribution in [-0.2, 0) is 0 Å². The molecule has 0 N–H and O–H groups in total. The normalized spacial score (nSPS) is 13.1. The van der Waals surface area contributed by atoms with Crippen LogP contribution < -0.4 is 9.33 Å². The molecule has 106 valence electrons. The SMILES string of the molecule is C(/c1ccccc1)=c1/sc(=Nc2ccccc2)n2cccc12. The number of rotatable bonds is 2. The van der Waals surface area contributed by atoms with E-state index in [9.17, 15) is 0 Å². The van der Waals surface area contributed by atoms with Crippen molar-refractivity contribution in [3.63, 3.8) is 0 Å². The molecule has 0 amide bonds. The molecular weight excluding hydrogens is 288 g/mol. The van der Waals surface area contributed by atoms with Crippen LogP contribution in [0.15, 0.2) is 84.0 Å². The number of thiazole rings is 1. The highest BCUT2D eigenvalue weighted by atomic mass is 32.1. The highest BCUT2D eigenvalue weighted by Crippen LogP contribution is 2.09. The van der Waals surface area contributed by atoms with Crippen LogP contribution >= 0.6 is 11.3 Å². The lowest BCUT2D eigenvalue weighted by molar-refractivity contribution is 1.12. The fraction of sp³-hybridized carbons (Fsp3) is 0. The highest BCUT2D eigenvalue weighted by Gasteiger charge is 2.01. The Morgan fingerprint density at radius 2 is 1.55 bits per heavy atom. The van der Waals surface area contributed by atoms with E-state index in [4.69, 9.17) is 4.99 Å². The molecule has 0 aliphatic carbocycles. The predicted octanol–water partition coefficient (Wildman–Crippen LogP) is 3.78. The first kappa shape index (κ1) is 13.0. The summed E-state index contributed by atoms with van der Waals surface area (Å²) in [6, 6.07) is 24.7. The van der Waals surface area contributed by atoms with Crippen molar-refractivity contribution in [1.29, 1.82) is 0 Å². The van der Waals surface area contributed by atoms with Gasteiger partial charge in [-0.15, -0.1) is 0 Å². The monoisotopic (exact) mass is 302 g/mol. The summed E-state index contributed by atoms with van der Waals surface area (Å²) in [5, 5.41) is 0. The molecule has 0 radical (unpaired) electrons. The Labute approximate surface area is 132 Å². The summed E-state index contributed by atoms with van der Waals surface area (Å²) in [6.07, 6.45) is 4.28. The van der Waals surface area contributed by atoms with Gasteiger partial charge in [0.15, 0.2) is 4.80 Å². The molecule has 2 aromatic heterocycles. The van der Waals surface area contributed by atoms with Crippen LogP contribution in [0.2, 0.25) is 0 Å². The Bertz CT molecular complexity index is 931. The third-order valence-corrected chi connectivity index (χ3v) is 4.50. The van der Waals surface area contributed by atoms with E-state index in [0.717, 1.165) is 10.5 Å². The second-order valence-electron chi connectivity index (χ2n) is 5.01. The largest absolute Gasteiger partial charge is 0.292 e. The van der Waals surface area contributed by atoms with Crippen LogP contribution in [0.1, 0.15) is 5.56 Å². The minimum Gasteiger partial charge on any atom is -0.292 e.